The second-order valence-corrected chi connectivity index (χ2v) is 6.12. The van der Waals surface area contributed by atoms with Gasteiger partial charge in [-0.25, -0.2) is 4.79 Å². The molecule has 1 saturated heterocycles. The molecular formula is C16H22BrNO2. The lowest BCUT2D eigenvalue weighted by molar-refractivity contribution is 0.0779. The number of rotatable bonds is 5. The van der Waals surface area contributed by atoms with Crippen molar-refractivity contribution >= 4 is 22.0 Å². The van der Waals surface area contributed by atoms with Crippen LogP contribution in [0.1, 0.15) is 31.2 Å². The summed E-state index contributed by atoms with van der Waals surface area (Å²) in [6, 6.07) is 9.83. The van der Waals surface area contributed by atoms with Gasteiger partial charge in [0.2, 0.25) is 0 Å². The Kier molecular flexibility index (Phi) is 6.37. The SMILES string of the molecule is O=C(OCc1ccccc1)N1CCC[C@H](CCCBr)C1. The summed E-state index contributed by atoms with van der Waals surface area (Å²) in [7, 11) is 0. The van der Waals surface area contributed by atoms with Crippen LogP contribution in [0, 0.1) is 5.92 Å². The number of alkyl halides is 1. The molecular weight excluding hydrogens is 318 g/mol. The van der Waals surface area contributed by atoms with Gasteiger partial charge in [0.05, 0.1) is 0 Å². The summed E-state index contributed by atoms with van der Waals surface area (Å²) in [6.45, 7) is 2.04. The van der Waals surface area contributed by atoms with E-state index in [0.717, 1.165) is 30.4 Å². The number of hydrogen-bond donors (Lipinski definition) is 0. The molecule has 1 aliphatic heterocycles. The number of halogens is 1. The smallest absolute Gasteiger partial charge is 0.410 e. The first-order valence-electron chi connectivity index (χ1n) is 7.31. The van der Waals surface area contributed by atoms with Gasteiger partial charge < -0.3 is 9.64 Å². The van der Waals surface area contributed by atoms with Crippen LogP contribution in [-0.4, -0.2) is 29.4 Å². The van der Waals surface area contributed by atoms with Crippen LogP contribution in [0.3, 0.4) is 0 Å². The van der Waals surface area contributed by atoms with Gasteiger partial charge in [-0.05, 0) is 37.2 Å². The number of ether oxygens (including phenoxy) is 1. The van der Waals surface area contributed by atoms with Crippen LogP contribution in [-0.2, 0) is 11.3 Å². The van der Waals surface area contributed by atoms with Gasteiger partial charge in [-0.15, -0.1) is 0 Å². The van der Waals surface area contributed by atoms with Crippen molar-refractivity contribution in [3.63, 3.8) is 0 Å². The van der Waals surface area contributed by atoms with Gasteiger partial charge in [0.25, 0.3) is 0 Å². The summed E-state index contributed by atoms with van der Waals surface area (Å²) in [5, 5.41) is 1.04. The Bertz CT molecular complexity index is 410. The third kappa shape index (κ3) is 4.82. The number of piperidine rings is 1. The molecule has 0 unspecified atom stereocenters. The van der Waals surface area contributed by atoms with E-state index in [-0.39, 0.29) is 6.09 Å². The molecule has 20 heavy (non-hydrogen) atoms. The lowest BCUT2D eigenvalue weighted by atomic mass is 9.94. The van der Waals surface area contributed by atoms with Crippen molar-refractivity contribution < 1.29 is 9.53 Å². The van der Waals surface area contributed by atoms with Gasteiger partial charge in [-0.2, -0.15) is 0 Å². The van der Waals surface area contributed by atoms with Crippen LogP contribution in [0.4, 0.5) is 4.79 Å². The Labute approximate surface area is 129 Å². The molecule has 110 valence electrons. The molecule has 0 radical (unpaired) electrons. The fraction of sp³-hybridized carbons (Fsp3) is 0.562. The van der Waals surface area contributed by atoms with Crippen molar-refractivity contribution in [1.82, 2.24) is 4.90 Å². The molecule has 0 aliphatic carbocycles. The molecule has 1 heterocycles. The average molecular weight is 340 g/mol. The molecule has 3 nitrogen and oxygen atoms in total. The van der Waals surface area contributed by atoms with Crippen molar-refractivity contribution in [3.8, 4) is 0 Å². The van der Waals surface area contributed by atoms with E-state index in [0.29, 0.717) is 12.5 Å². The van der Waals surface area contributed by atoms with Gasteiger partial charge in [-0.1, -0.05) is 46.3 Å². The number of carbonyl (C=O) groups excluding carboxylic acids is 1. The first-order chi connectivity index (χ1) is 9.79. The van der Waals surface area contributed by atoms with E-state index in [9.17, 15) is 4.79 Å². The van der Waals surface area contributed by atoms with Crippen LogP contribution in [0.15, 0.2) is 30.3 Å². The molecule has 1 aromatic rings. The zero-order chi connectivity index (χ0) is 14.2. The number of hydrogen-bond acceptors (Lipinski definition) is 2. The quantitative estimate of drug-likeness (QED) is 0.752. The predicted octanol–water partition coefficient (Wildman–Crippen LogP) is 4.21. The van der Waals surface area contributed by atoms with Crippen molar-refractivity contribution in [2.45, 2.75) is 32.3 Å². The highest BCUT2D eigenvalue weighted by Gasteiger charge is 2.24. The summed E-state index contributed by atoms with van der Waals surface area (Å²) < 4.78 is 5.40. The maximum Gasteiger partial charge on any atom is 0.410 e. The first kappa shape index (κ1) is 15.4. The Morgan fingerprint density at radius 2 is 2.15 bits per heavy atom. The maximum absolute atomic E-state index is 12.1. The summed E-state index contributed by atoms with van der Waals surface area (Å²) >= 11 is 3.47. The second-order valence-electron chi connectivity index (χ2n) is 5.33. The first-order valence-corrected chi connectivity index (χ1v) is 8.43. The third-order valence-corrected chi connectivity index (χ3v) is 4.29. The largest absolute Gasteiger partial charge is 0.445 e. The lowest BCUT2D eigenvalue weighted by Crippen LogP contribution is -2.40. The van der Waals surface area contributed by atoms with Crippen LogP contribution < -0.4 is 0 Å². The highest BCUT2D eigenvalue weighted by atomic mass is 79.9. The third-order valence-electron chi connectivity index (χ3n) is 3.73. The van der Waals surface area contributed by atoms with E-state index in [1.165, 1.54) is 19.3 Å². The van der Waals surface area contributed by atoms with E-state index in [2.05, 4.69) is 15.9 Å². The summed E-state index contributed by atoms with van der Waals surface area (Å²) in [4.78, 5) is 14.0. The molecule has 0 spiro atoms. The molecule has 0 N–H and O–H groups in total. The number of amides is 1. The molecule has 2 rings (SSSR count). The maximum atomic E-state index is 12.1. The predicted molar refractivity (Wildman–Crippen MR) is 84.0 cm³/mol. The van der Waals surface area contributed by atoms with Crippen LogP contribution in [0.2, 0.25) is 0 Å². The zero-order valence-corrected chi connectivity index (χ0v) is 13.3. The number of benzene rings is 1. The molecule has 1 fully saturated rings. The summed E-state index contributed by atoms with van der Waals surface area (Å²) in [6.07, 6.45) is 4.52. The Hall–Kier alpha value is -1.03. The fourth-order valence-electron chi connectivity index (χ4n) is 2.64. The van der Waals surface area contributed by atoms with Gasteiger partial charge in [0.1, 0.15) is 6.61 Å². The fourth-order valence-corrected chi connectivity index (χ4v) is 2.97. The van der Waals surface area contributed by atoms with E-state index in [1.54, 1.807) is 0 Å². The Morgan fingerprint density at radius 1 is 1.35 bits per heavy atom. The van der Waals surface area contributed by atoms with Gasteiger partial charge in [0, 0.05) is 18.4 Å². The van der Waals surface area contributed by atoms with Crippen LogP contribution in [0.5, 0.6) is 0 Å². The second kappa shape index (κ2) is 8.30. The van der Waals surface area contributed by atoms with E-state index in [1.807, 2.05) is 35.2 Å². The minimum atomic E-state index is -0.169. The number of likely N-dealkylation sites (tertiary alicyclic amines) is 1. The van der Waals surface area contributed by atoms with Gasteiger partial charge in [-0.3, -0.25) is 0 Å². The van der Waals surface area contributed by atoms with E-state index in [4.69, 9.17) is 4.74 Å². The van der Waals surface area contributed by atoms with Crippen LogP contribution >= 0.6 is 15.9 Å². The normalized spacial score (nSPS) is 18.9. The van der Waals surface area contributed by atoms with Crippen molar-refractivity contribution in [1.29, 1.82) is 0 Å². The number of carbonyl (C=O) groups is 1. The van der Waals surface area contributed by atoms with Gasteiger partial charge >= 0.3 is 6.09 Å². The minimum absolute atomic E-state index is 0.169. The van der Waals surface area contributed by atoms with Crippen molar-refractivity contribution in [3.05, 3.63) is 35.9 Å². The zero-order valence-electron chi connectivity index (χ0n) is 11.8. The molecule has 1 aliphatic rings. The van der Waals surface area contributed by atoms with Crippen LogP contribution in [0.25, 0.3) is 0 Å². The number of nitrogens with zero attached hydrogens (tertiary/aromatic N) is 1. The molecule has 0 aromatic heterocycles. The Morgan fingerprint density at radius 3 is 2.90 bits per heavy atom. The standard InChI is InChI=1S/C16H22BrNO2/c17-10-4-8-14-9-5-11-18(12-14)16(19)20-13-15-6-2-1-3-7-15/h1-3,6-7,14H,4-5,8-13H2/t14-/m0/s1. The summed E-state index contributed by atoms with van der Waals surface area (Å²) in [5.74, 6) is 0.630. The monoisotopic (exact) mass is 339 g/mol. The van der Waals surface area contributed by atoms with Crippen molar-refractivity contribution in [2.75, 3.05) is 18.4 Å². The highest BCUT2D eigenvalue weighted by Crippen LogP contribution is 2.22. The molecule has 1 aromatic carbocycles. The lowest BCUT2D eigenvalue weighted by Gasteiger charge is -2.32. The molecule has 1 atom stereocenters. The minimum Gasteiger partial charge on any atom is -0.445 e. The topological polar surface area (TPSA) is 29.5 Å². The molecule has 4 heteroatoms. The summed E-state index contributed by atoms with van der Waals surface area (Å²) in [5.41, 5.74) is 1.04. The highest BCUT2D eigenvalue weighted by molar-refractivity contribution is 9.09. The average Bonchev–Trinajstić information content (AvgIpc) is 2.52. The van der Waals surface area contributed by atoms with Gasteiger partial charge in [0.15, 0.2) is 0 Å². The van der Waals surface area contributed by atoms with E-state index < -0.39 is 0 Å². The molecule has 0 saturated carbocycles. The van der Waals surface area contributed by atoms with E-state index >= 15 is 0 Å². The molecule has 0 bridgehead atoms. The molecule has 1 amide bonds. The van der Waals surface area contributed by atoms with Crippen molar-refractivity contribution in [2.24, 2.45) is 5.92 Å². The Balaban J connectivity index is 1.77.